The number of carbonyl (C=O) groups excluding carboxylic acids is 6. The predicted molar refractivity (Wildman–Crippen MR) is 284 cm³/mol. The summed E-state index contributed by atoms with van der Waals surface area (Å²) in [7, 11) is 1.89. The molecule has 1 aromatic heterocycles. The van der Waals surface area contributed by atoms with E-state index in [0.29, 0.717) is 67.2 Å². The second kappa shape index (κ2) is 32.3. The first-order chi connectivity index (χ1) is 34.4. The Balaban J connectivity index is 0.000000574. The van der Waals surface area contributed by atoms with Crippen LogP contribution in [0.2, 0.25) is 0 Å². The van der Waals surface area contributed by atoms with Crippen LogP contribution in [0.3, 0.4) is 0 Å². The molecule has 1 aliphatic rings. The van der Waals surface area contributed by atoms with Crippen LogP contribution in [0.1, 0.15) is 171 Å². The minimum atomic E-state index is -1.25. The van der Waals surface area contributed by atoms with Crippen LogP contribution in [0.15, 0.2) is 42.9 Å². The SMILES string of the molecule is C=C(N)NC(=O)c1nc(CNc2ccc(C(=O)NC(CCC(=O)NC(C)(C)CCOC(C)(C)CCNC)C(=O)O)cc2)cnc1C.CC(C)C(=O)N[C@@H]1[C@H](CCCCC(=O)NCCCCCC=O)C(C)C[C@@H]1C. The normalized spacial score (nSPS) is 16.8. The number of aryl methyl sites for hydroxylation is 1. The van der Waals surface area contributed by atoms with E-state index in [9.17, 15) is 38.7 Å². The quantitative estimate of drug-likeness (QED) is 0.0297. The molecule has 408 valence electrons. The molecule has 0 aliphatic heterocycles. The molecule has 1 saturated carbocycles. The highest BCUT2D eigenvalue weighted by atomic mass is 16.5. The Labute approximate surface area is 434 Å². The van der Waals surface area contributed by atoms with Crippen molar-refractivity contribution in [1.29, 1.82) is 0 Å². The summed E-state index contributed by atoms with van der Waals surface area (Å²) in [6.45, 7) is 23.6. The Morgan fingerprint density at radius 2 is 1.62 bits per heavy atom. The lowest BCUT2D eigenvalue weighted by atomic mass is 9.88. The van der Waals surface area contributed by atoms with Crippen molar-refractivity contribution in [3.63, 3.8) is 0 Å². The molecule has 19 heteroatoms. The van der Waals surface area contributed by atoms with Gasteiger partial charge in [0.15, 0.2) is 0 Å². The number of nitrogens with one attached hydrogen (secondary N) is 7. The third-order valence-electron chi connectivity index (χ3n) is 12.9. The van der Waals surface area contributed by atoms with Gasteiger partial charge >= 0.3 is 5.97 Å². The Morgan fingerprint density at radius 3 is 2.25 bits per heavy atom. The van der Waals surface area contributed by atoms with E-state index in [4.69, 9.17) is 10.5 Å². The maximum Gasteiger partial charge on any atom is 0.326 e. The van der Waals surface area contributed by atoms with Crippen molar-refractivity contribution in [3.8, 4) is 0 Å². The van der Waals surface area contributed by atoms with Crippen molar-refractivity contribution in [2.75, 3.05) is 32.1 Å². The number of benzene rings is 1. The molecule has 5 atom stereocenters. The summed E-state index contributed by atoms with van der Waals surface area (Å²) in [4.78, 5) is 92.4. The van der Waals surface area contributed by atoms with E-state index in [2.05, 4.69) is 67.6 Å². The molecule has 1 fully saturated rings. The number of nitrogens with two attached hydrogens (primary N) is 1. The van der Waals surface area contributed by atoms with Crippen LogP contribution in [-0.2, 0) is 35.3 Å². The summed E-state index contributed by atoms with van der Waals surface area (Å²) >= 11 is 0. The average Bonchev–Trinajstić information content (AvgIpc) is 3.58. The van der Waals surface area contributed by atoms with Crippen molar-refractivity contribution in [2.24, 2.45) is 29.4 Å². The minimum absolute atomic E-state index is 0.00379. The Kier molecular flexibility index (Phi) is 27.9. The standard InChI is InChI=1S/C32H48N8O6.C22H40N2O3/c1-20-27(29(43)37-21(2)33)38-24(18-35-20)19-36-23-10-8-22(9-11-23)28(42)39-25(30(44)45)12-13-26(41)40-31(3,4)15-17-46-32(5,6)14-16-34-7;1-16(2)22(27)24-21-18(4)15-17(3)19(21)11-7-8-12-20(26)23-13-9-5-6-10-14-25/h8-11,18,25,34,36H,2,12-17,19,33H2,1,3-7H3,(H,37,43)(H,39,42)(H,40,41)(H,44,45);14,16-19,21H,5-13,15H2,1-4H3,(H,23,26)(H,24,27)/t;17?,18-,19+,21-/m.0/s1. The van der Waals surface area contributed by atoms with Gasteiger partial charge in [-0.1, -0.05) is 47.1 Å². The zero-order valence-electron chi connectivity index (χ0n) is 45.3. The number of ether oxygens (including phenoxy) is 1. The second-order valence-electron chi connectivity index (χ2n) is 20.9. The summed E-state index contributed by atoms with van der Waals surface area (Å²) in [6, 6.07) is 5.41. The Bertz CT molecular complexity index is 2100. The predicted octanol–water partition coefficient (Wildman–Crippen LogP) is 6.06. The fraction of sp³-hybridized carbons (Fsp3) is 0.648. The molecule has 1 aliphatic carbocycles. The number of aldehydes is 1. The van der Waals surface area contributed by atoms with Gasteiger partial charge in [0, 0.05) is 61.2 Å². The van der Waals surface area contributed by atoms with Crippen LogP contribution in [0, 0.1) is 30.6 Å². The average molecular weight is 1020 g/mol. The fourth-order valence-electron chi connectivity index (χ4n) is 8.52. The van der Waals surface area contributed by atoms with E-state index in [1.165, 1.54) is 6.20 Å². The monoisotopic (exact) mass is 1020 g/mol. The molecule has 0 spiro atoms. The highest BCUT2D eigenvalue weighted by Crippen LogP contribution is 2.39. The largest absolute Gasteiger partial charge is 0.480 e. The number of aliphatic carboxylic acids is 1. The third kappa shape index (κ3) is 25.0. The smallest absolute Gasteiger partial charge is 0.326 e. The van der Waals surface area contributed by atoms with Gasteiger partial charge in [-0.15, -0.1) is 0 Å². The molecule has 73 heavy (non-hydrogen) atoms. The maximum atomic E-state index is 12.8. The highest BCUT2D eigenvalue weighted by molar-refractivity contribution is 5.97. The summed E-state index contributed by atoms with van der Waals surface area (Å²) in [5, 5.41) is 30.0. The summed E-state index contributed by atoms with van der Waals surface area (Å²) in [6.07, 6.45) is 12.0. The molecule has 10 N–H and O–H groups in total. The number of carboxylic acid groups (broad SMARTS) is 1. The van der Waals surface area contributed by atoms with Crippen LogP contribution < -0.4 is 43.0 Å². The minimum Gasteiger partial charge on any atom is -0.480 e. The summed E-state index contributed by atoms with van der Waals surface area (Å²) in [5.41, 5.74) is 6.54. The lowest BCUT2D eigenvalue weighted by molar-refractivity contribution is -0.139. The Morgan fingerprint density at radius 1 is 0.918 bits per heavy atom. The van der Waals surface area contributed by atoms with Crippen LogP contribution in [0.25, 0.3) is 0 Å². The molecule has 5 amide bonds. The molecular formula is C54H88N10O9. The van der Waals surface area contributed by atoms with Crippen molar-refractivity contribution >= 4 is 47.5 Å². The fourth-order valence-corrected chi connectivity index (χ4v) is 8.52. The molecule has 2 aromatic rings. The maximum absolute atomic E-state index is 12.8. The number of aromatic nitrogens is 2. The van der Waals surface area contributed by atoms with Gasteiger partial charge in [0.25, 0.3) is 11.8 Å². The summed E-state index contributed by atoms with van der Waals surface area (Å²) in [5.74, 6) is -0.686. The van der Waals surface area contributed by atoms with Gasteiger partial charge in [0.05, 0.1) is 35.6 Å². The van der Waals surface area contributed by atoms with Gasteiger partial charge in [0.2, 0.25) is 17.7 Å². The molecule has 0 bridgehead atoms. The van der Waals surface area contributed by atoms with Crippen LogP contribution >= 0.6 is 0 Å². The van der Waals surface area contributed by atoms with Crippen molar-refractivity contribution in [2.45, 2.75) is 176 Å². The number of hydrogen-bond donors (Lipinski definition) is 9. The first-order valence-corrected chi connectivity index (χ1v) is 25.9. The van der Waals surface area contributed by atoms with Gasteiger partial charge in [0.1, 0.15) is 18.0 Å². The van der Waals surface area contributed by atoms with Crippen molar-refractivity contribution in [1.82, 2.24) is 41.9 Å². The first-order valence-electron chi connectivity index (χ1n) is 25.9. The second-order valence-corrected chi connectivity index (χ2v) is 20.9. The number of unbranched alkanes of at least 4 members (excludes halogenated alkanes) is 4. The number of nitrogens with zero attached hydrogens (tertiary/aromatic N) is 2. The van der Waals surface area contributed by atoms with E-state index in [1.54, 1.807) is 31.2 Å². The molecule has 19 nitrogen and oxygen atoms in total. The molecule has 1 aromatic carbocycles. The molecule has 2 unspecified atom stereocenters. The van der Waals surface area contributed by atoms with Crippen LogP contribution in [0.4, 0.5) is 5.69 Å². The van der Waals surface area contributed by atoms with Gasteiger partial charge in [-0.3, -0.25) is 29.0 Å². The van der Waals surface area contributed by atoms with Gasteiger partial charge in [-0.25, -0.2) is 9.78 Å². The topological polar surface area (TPSA) is 285 Å². The lowest BCUT2D eigenvalue weighted by Gasteiger charge is -2.30. The molecule has 1 heterocycles. The van der Waals surface area contributed by atoms with Gasteiger partial charge in [-0.2, -0.15) is 0 Å². The van der Waals surface area contributed by atoms with E-state index in [-0.39, 0.29) is 71.7 Å². The van der Waals surface area contributed by atoms with Crippen molar-refractivity contribution < 1.29 is 43.4 Å². The molecule has 0 saturated heterocycles. The van der Waals surface area contributed by atoms with Gasteiger partial charge < -0.3 is 57.6 Å². The molecular weight excluding hydrogens is 933 g/mol. The molecule has 0 radical (unpaired) electrons. The number of hydrogen-bond acceptors (Lipinski definition) is 13. The van der Waals surface area contributed by atoms with E-state index < -0.39 is 29.4 Å². The van der Waals surface area contributed by atoms with Crippen LogP contribution in [-0.4, -0.2) is 107 Å². The zero-order valence-corrected chi connectivity index (χ0v) is 45.3. The highest BCUT2D eigenvalue weighted by Gasteiger charge is 2.39. The van der Waals surface area contributed by atoms with Gasteiger partial charge in [-0.05, 0) is 142 Å². The summed E-state index contributed by atoms with van der Waals surface area (Å²) < 4.78 is 5.99. The number of rotatable bonds is 32. The molecule has 3 rings (SSSR count). The van der Waals surface area contributed by atoms with Crippen LogP contribution in [0.5, 0.6) is 0 Å². The van der Waals surface area contributed by atoms with E-state index >= 15 is 0 Å². The Hall–Kier alpha value is -5.95. The lowest BCUT2D eigenvalue weighted by Crippen LogP contribution is -2.46. The number of amides is 5. The van der Waals surface area contributed by atoms with E-state index in [1.807, 2.05) is 48.6 Å². The number of carbonyl (C=O) groups is 7. The number of anilines is 1. The first kappa shape index (κ1) is 63.2. The number of carboxylic acids is 1. The zero-order chi connectivity index (χ0) is 54.7. The van der Waals surface area contributed by atoms with E-state index in [0.717, 1.165) is 64.2 Å². The third-order valence-corrected chi connectivity index (χ3v) is 12.9. The van der Waals surface area contributed by atoms with Crippen molar-refractivity contribution in [3.05, 3.63) is 65.5 Å².